The first-order chi connectivity index (χ1) is 5.97. The van der Waals surface area contributed by atoms with Gasteiger partial charge in [0.25, 0.3) is 0 Å². The van der Waals surface area contributed by atoms with Crippen LogP contribution in [0.2, 0.25) is 5.11 Å². The van der Waals surface area contributed by atoms with Crippen LogP contribution in [-0.2, 0) is 0 Å². The Labute approximate surface area is 90.1 Å². The van der Waals surface area contributed by atoms with E-state index in [0.717, 1.165) is 10.0 Å². The highest BCUT2D eigenvalue weighted by Crippen LogP contribution is 2.10. The molecular formula is C8H9B3BrN. The van der Waals surface area contributed by atoms with Gasteiger partial charge in [-0.3, -0.25) is 4.98 Å². The van der Waals surface area contributed by atoms with Gasteiger partial charge in [-0.2, -0.15) is 0 Å². The molecule has 0 spiro atoms. The second-order valence-corrected chi connectivity index (χ2v) is 4.81. The maximum atomic E-state index is 4.04. The largest absolute Gasteiger partial charge is 0.262 e. The van der Waals surface area contributed by atoms with Crippen LogP contribution in [0.5, 0.6) is 0 Å². The maximum absolute atomic E-state index is 4.04. The molecule has 0 aromatic carbocycles. The number of pyridine rings is 1. The van der Waals surface area contributed by atoms with Gasteiger partial charge in [-0.05, 0) is 22.0 Å². The van der Waals surface area contributed by atoms with Crippen LogP contribution < -0.4 is 0 Å². The van der Waals surface area contributed by atoms with E-state index < -0.39 is 0 Å². The Balaban J connectivity index is 2.90. The second-order valence-electron chi connectivity index (χ2n) is 3.89. The van der Waals surface area contributed by atoms with Gasteiger partial charge in [0.05, 0.1) is 0 Å². The smallest absolute Gasteiger partial charge is 0.104 e. The van der Waals surface area contributed by atoms with E-state index in [4.69, 9.17) is 0 Å². The molecule has 0 unspecified atom stereocenters. The third-order valence-corrected chi connectivity index (χ3v) is 1.72. The van der Waals surface area contributed by atoms with Gasteiger partial charge in [0.1, 0.15) is 23.5 Å². The van der Waals surface area contributed by atoms with E-state index in [1.54, 1.807) is 12.4 Å². The summed E-state index contributed by atoms with van der Waals surface area (Å²) in [5.74, 6) is 6.24. The van der Waals surface area contributed by atoms with Crippen LogP contribution >= 0.6 is 15.9 Å². The monoisotopic (exact) mass is 231 g/mol. The van der Waals surface area contributed by atoms with E-state index in [2.05, 4.69) is 56.3 Å². The summed E-state index contributed by atoms with van der Waals surface area (Å²) < 4.78 is 0.966. The van der Waals surface area contributed by atoms with Crippen molar-refractivity contribution in [3.63, 3.8) is 0 Å². The number of hydrogen-bond acceptors (Lipinski definition) is 1. The van der Waals surface area contributed by atoms with Gasteiger partial charge in [0.15, 0.2) is 0 Å². The number of nitrogens with zero attached hydrogens (tertiary/aromatic N) is 1. The van der Waals surface area contributed by atoms with Crippen molar-refractivity contribution in [3.8, 4) is 11.8 Å². The van der Waals surface area contributed by atoms with Crippen molar-refractivity contribution in [2.45, 2.75) is 5.11 Å². The Hall–Kier alpha value is -0.615. The molecule has 0 N–H and O–H groups in total. The minimum absolute atomic E-state index is 0.0440. The zero-order chi connectivity index (χ0) is 9.90. The average molecular weight is 232 g/mol. The Morgan fingerprint density at radius 1 is 1.31 bits per heavy atom. The molecule has 0 fully saturated rings. The zero-order valence-electron chi connectivity index (χ0n) is 8.06. The van der Waals surface area contributed by atoms with Gasteiger partial charge in [-0.25, -0.2) is 0 Å². The van der Waals surface area contributed by atoms with Gasteiger partial charge >= 0.3 is 0 Å². The zero-order valence-corrected chi connectivity index (χ0v) is 9.64. The van der Waals surface area contributed by atoms with Crippen LogP contribution in [-0.4, -0.2) is 28.5 Å². The highest BCUT2D eigenvalue weighted by molar-refractivity contribution is 9.10. The highest BCUT2D eigenvalue weighted by Gasteiger charge is 2.04. The van der Waals surface area contributed by atoms with Crippen molar-refractivity contribution in [1.29, 1.82) is 0 Å². The molecule has 0 aliphatic rings. The molecule has 1 aromatic heterocycles. The lowest BCUT2D eigenvalue weighted by molar-refractivity contribution is 1.29. The van der Waals surface area contributed by atoms with Gasteiger partial charge in [0.2, 0.25) is 0 Å². The Morgan fingerprint density at radius 3 is 2.54 bits per heavy atom. The van der Waals surface area contributed by atoms with E-state index >= 15 is 0 Å². The third kappa shape index (κ3) is 4.24. The summed E-state index contributed by atoms with van der Waals surface area (Å²) in [6, 6.07) is 1.96. The third-order valence-electron chi connectivity index (χ3n) is 1.29. The van der Waals surface area contributed by atoms with Crippen molar-refractivity contribution in [3.05, 3.63) is 28.5 Å². The SMILES string of the molecule is BC(B)(B)C#Cc1cncc(Br)c1. The summed E-state index contributed by atoms with van der Waals surface area (Å²) in [4.78, 5) is 4.04. The van der Waals surface area contributed by atoms with Crippen LogP contribution in [0, 0.1) is 11.8 Å². The van der Waals surface area contributed by atoms with Crippen LogP contribution in [0.1, 0.15) is 5.56 Å². The lowest BCUT2D eigenvalue weighted by Gasteiger charge is -2.05. The summed E-state index contributed by atoms with van der Waals surface area (Å²) in [6.45, 7) is 0. The molecule has 1 nitrogen and oxygen atoms in total. The summed E-state index contributed by atoms with van der Waals surface area (Å²) in [7, 11) is 6.27. The molecule has 0 radical (unpaired) electrons. The standard InChI is InChI=1S/C8H9B3BrN/c9-8(10,11)2-1-6-3-7(12)5-13-4-6/h3-5H,9-11H2. The minimum Gasteiger partial charge on any atom is -0.262 e. The predicted molar refractivity (Wildman–Crippen MR) is 67.1 cm³/mol. The number of halogens is 1. The topological polar surface area (TPSA) is 12.9 Å². The van der Waals surface area contributed by atoms with E-state index in [9.17, 15) is 0 Å². The molecule has 0 saturated heterocycles. The molecule has 0 bridgehead atoms. The molecule has 5 heteroatoms. The summed E-state index contributed by atoms with van der Waals surface area (Å²) in [6.07, 6.45) is 3.52. The van der Waals surface area contributed by atoms with Crippen molar-refractivity contribution in [2.75, 3.05) is 0 Å². The van der Waals surface area contributed by atoms with E-state index in [-0.39, 0.29) is 5.11 Å². The predicted octanol–water partition coefficient (Wildman–Crippen LogP) is -0.831. The van der Waals surface area contributed by atoms with E-state index in [1.807, 2.05) is 6.07 Å². The minimum atomic E-state index is 0.0440. The maximum Gasteiger partial charge on any atom is 0.104 e. The summed E-state index contributed by atoms with van der Waals surface area (Å²) in [5.41, 5.74) is 0.948. The molecule has 13 heavy (non-hydrogen) atoms. The quantitative estimate of drug-likeness (QED) is 0.420. The first-order valence-corrected chi connectivity index (χ1v) is 4.90. The van der Waals surface area contributed by atoms with E-state index in [1.165, 1.54) is 0 Å². The first kappa shape index (κ1) is 10.5. The summed E-state index contributed by atoms with van der Waals surface area (Å²) in [5, 5.41) is 0.0440. The Bertz CT molecular complexity index is 362. The van der Waals surface area contributed by atoms with Gasteiger partial charge in [-0.1, -0.05) is 11.0 Å². The number of hydrogen-bond donors (Lipinski definition) is 0. The van der Waals surface area contributed by atoms with Crippen LogP contribution in [0.3, 0.4) is 0 Å². The van der Waals surface area contributed by atoms with Crippen molar-refractivity contribution in [1.82, 2.24) is 4.98 Å². The molecule has 0 aliphatic heterocycles. The molecule has 0 amide bonds. The molecule has 0 aliphatic carbocycles. The van der Waals surface area contributed by atoms with Crippen molar-refractivity contribution in [2.24, 2.45) is 0 Å². The van der Waals surface area contributed by atoms with Crippen molar-refractivity contribution >= 4 is 39.5 Å². The molecule has 62 valence electrons. The van der Waals surface area contributed by atoms with Crippen molar-refractivity contribution < 1.29 is 0 Å². The number of rotatable bonds is 0. The van der Waals surface area contributed by atoms with Gasteiger partial charge in [-0.15, -0.1) is 5.92 Å². The summed E-state index contributed by atoms with van der Waals surface area (Å²) >= 11 is 3.35. The normalized spacial score (nSPS) is 10.2. The first-order valence-electron chi connectivity index (χ1n) is 4.11. The molecule has 1 rings (SSSR count). The number of aromatic nitrogens is 1. The van der Waals surface area contributed by atoms with Crippen LogP contribution in [0.25, 0.3) is 0 Å². The fourth-order valence-electron chi connectivity index (χ4n) is 0.740. The van der Waals surface area contributed by atoms with Crippen LogP contribution in [0.15, 0.2) is 22.9 Å². The molecule has 0 saturated carbocycles. The fourth-order valence-corrected chi connectivity index (χ4v) is 1.10. The Morgan fingerprint density at radius 2 is 2.00 bits per heavy atom. The van der Waals surface area contributed by atoms with Crippen LogP contribution in [0.4, 0.5) is 0 Å². The molecular weight excluding hydrogens is 222 g/mol. The highest BCUT2D eigenvalue weighted by atomic mass is 79.9. The lowest BCUT2D eigenvalue weighted by Crippen LogP contribution is -2.08. The van der Waals surface area contributed by atoms with Gasteiger partial charge < -0.3 is 0 Å². The lowest BCUT2D eigenvalue weighted by atomic mass is 9.43. The van der Waals surface area contributed by atoms with E-state index in [0.29, 0.717) is 0 Å². The molecule has 0 atom stereocenters. The average Bonchev–Trinajstić information content (AvgIpc) is 2.00. The molecule has 1 aromatic rings. The second kappa shape index (κ2) is 4.06. The van der Waals surface area contributed by atoms with Gasteiger partial charge in [0, 0.05) is 22.4 Å². The Kier molecular flexibility index (Phi) is 3.27. The fraction of sp³-hybridized carbons (Fsp3) is 0.125. The molecule has 1 heterocycles.